The SMILES string of the molecule is CCC/C(C)=C\C1C[C@H](C)CC[C@H]1C(C)C(=O)O. The number of aliphatic carboxylic acids is 1. The van der Waals surface area contributed by atoms with E-state index in [2.05, 4.69) is 26.8 Å². The van der Waals surface area contributed by atoms with Crippen molar-refractivity contribution in [3.63, 3.8) is 0 Å². The molecular formula is C16H28O2. The Morgan fingerprint density at radius 2 is 2.11 bits per heavy atom. The number of rotatable bonds is 5. The number of carboxylic acid groups (broad SMARTS) is 1. The molecular weight excluding hydrogens is 224 g/mol. The van der Waals surface area contributed by atoms with Gasteiger partial charge in [-0.05, 0) is 43.9 Å². The van der Waals surface area contributed by atoms with Gasteiger partial charge in [0.1, 0.15) is 0 Å². The van der Waals surface area contributed by atoms with E-state index in [4.69, 9.17) is 0 Å². The Labute approximate surface area is 111 Å². The Bertz CT molecular complexity index is 306. The van der Waals surface area contributed by atoms with Crippen LogP contribution >= 0.6 is 0 Å². The van der Waals surface area contributed by atoms with Crippen molar-refractivity contribution in [2.45, 2.75) is 59.8 Å². The summed E-state index contributed by atoms with van der Waals surface area (Å²) >= 11 is 0. The predicted octanol–water partition coefficient (Wildman–Crippen LogP) is 4.51. The highest BCUT2D eigenvalue weighted by Gasteiger charge is 2.34. The molecule has 0 radical (unpaired) electrons. The van der Waals surface area contributed by atoms with Crippen LogP contribution in [0.3, 0.4) is 0 Å². The second-order valence-corrected chi connectivity index (χ2v) is 6.14. The Hall–Kier alpha value is -0.790. The third-order valence-corrected chi connectivity index (χ3v) is 4.39. The van der Waals surface area contributed by atoms with E-state index in [1.54, 1.807) is 0 Å². The summed E-state index contributed by atoms with van der Waals surface area (Å²) in [4.78, 5) is 11.2. The predicted molar refractivity (Wildman–Crippen MR) is 75.5 cm³/mol. The molecule has 0 aliphatic heterocycles. The van der Waals surface area contributed by atoms with Crippen LogP contribution in [0, 0.1) is 23.7 Å². The van der Waals surface area contributed by atoms with Gasteiger partial charge in [-0.3, -0.25) is 4.79 Å². The van der Waals surface area contributed by atoms with Gasteiger partial charge in [-0.15, -0.1) is 0 Å². The smallest absolute Gasteiger partial charge is 0.306 e. The second-order valence-electron chi connectivity index (χ2n) is 6.14. The normalized spacial score (nSPS) is 31.1. The van der Waals surface area contributed by atoms with Gasteiger partial charge in [0.05, 0.1) is 5.92 Å². The van der Waals surface area contributed by atoms with Crippen molar-refractivity contribution in [3.8, 4) is 0 Å². The van der Waals surface area contributed by atoms with Crippen molar-refractivity contribution in [2.75, 3.05) is 0 Å². The summed E-state index contributed by atoms with van der Waals surface area (Å²) in [6.07, 6.45) is 8.07. The van der Waals surface area contributed by atoms with Gasteiger partial charge in [0, 0.05) is 0 Å². The topological polar surface area (TPSA) is 37.3 Å². The second kappa shape index (κ2) is 6.96. The molecule has 2 unspecified atom stereocenters. The van der Waals surface area contributed by atoms with Crippen molar-refractivity contribution in [1.29, 1.82) is 0 Å². The minimum absolute atomic E-state index is 0.215. The summed E-state index contributed by atoms with van der Waals surface area (Å²) in [7, 11) is 0. The molecule has 1 aliphatic carbocycles. The fourth-order valence-corrected chi connectivity index (χ4v) is 3.29. The van der Waals surface area contributed by atoms with Gasteiger partial charge < -0.3 is 5.11 Å². The molecule has 0 aromatic heterocycles. The van der Waals surface area contributed by atoms with Gasteiger partial charge in [0.2, 0.25) is 0 Å². The van der Waals surface area contributed by atoms with Crippen LogP contribution in [-0.2, 0) is 4.79 Å². The van der Waals surface area contributed by atoms with E-state index >= 15 is 0 Å². The number of allylic oxidation sites excluding steroid dienone is 2. The van der Waals surface area contributed by atoms with Crippen LogP contribution in [0.2, 0.25) is 0 Å². The molecule has 4 atom stereocenters. The highest BCUT2D eigenvalue weighted by Crippen LogP contribution is 2.39. The van der Waals surface area contributed by atoms with Crippen LogP contribution in [0.5, 0.6) is 0 Å². The lowest BCUT2D eigenvalue weighted by atomic mass is 9.69. The monoisotopic (exact) mass is 252 g/mol. The summed E-state index contributed by atoms with van der Waals surface area (Å²) in [5.74, 6) is 0.670. The highest BCUT2D eigenvalue weighted by atomic mass is 16.4. The lowest BCUT2D eigenvalue weighted by Crippen LogP contribution is -2.31. The molecule has 1 rings (SSSR count). The van der Waals surface area contributed by atoms with E-state index in [0.717, 1.165) is 25.2 Å². The van der Waals surface area contributed by atoms with Gasteiger partial charge in [0.25, 0.3) is 0 Å². The zero-order chi connectivity index (χ0) is 13.7. The van der Waals surface area contributed by atoms with Crippen LogP contribution in [0.15, 0.2) is 11.6 Å². The molecule has 1 N–H and O–H groups in total. The van der Waals surface area contributed by atoms with Gasteiger partial charge in [-0.1, -0.05) is 45.3 Å². The van der Waals surface area contributed by atoms with Gasteiger partial charge in [-0.2, -0.15) is 0 Å². The summed E-state index contributed by atoms with van der Waals surface area (Å²) in [6.45, 7) is 8.54. The third-order valence-electron chi connectivity index (χ3n) is 4.39. The minimum atomic E-state index is -0.638. The number of hydrogen-bond donors (Lipinski definition) is 1. The van der Waals surface area contributed by atoms with Gasteiger partial charge in [-0.25, -0.2) is 0 Å². The van der Waals surface area contributed by atoms with Crippen molar-refractivity contribution in [1.82, 2.24) is 0 Å². The quantitative estimate of drug-likeness (QED) is 0.731. The average molecular weight is 252 g/mol. The molecule has 0 heterocycles. The Morgan fingerprint density at radius 3 is 2.67 bits per heavy atom. The molecule has 1 saturated carbocycles. The summed E-state index contributed by atoms with van der Waals surface area (Å²) < 4.78 is 0. The molecule has 0 saturated heterocycles. The first-order chi connectivity index (χ1) is 8.45. The molecule has 2 nitrogen and oxygen atoms in total. The van der Waals surface area contributed by atoms with Gasteiger partial charge >= 0.3 is 5.97 Å². The van der Waals surface area contributed by atoms with Crippen LogP contribution < -0.4 is 0 Å². The summed E-state index contributed by atoms with van der Waals surface area (Å²) in [5, 5.41) is 9.23. The molecule has 1 fully saturated rings. The lowest BCUT2D eigenvalue weighted by molar-refractivity contribution is -0.144. The first kappa shape index (κ1) is 15.3. The fourth-order valence-electron chi connectivity index (χ4n) is 3.29. The maximum absolute atomic E-state index is 11.2. The molecule has 18 heavy (non-hydrogen) atoms. The van der Waals surface area contributed by atoms with Gasteiger partial charge in [0.15, 0.2) is 0 Å². The third kappa shape index (κ3) is 4.15. The first-order valence-corrected chi connectivity index (χ1v) is 7.35. The lowest BCUT2D eigenvalue weighted by Gasteiger charge is -2.36. The Kier molecular flexibility index (Phi) is 5.90. The van der Waals surface area contributed by atoms with Crippen molar-refractivity contribution < 1.29 is 9.90 Å². The number of carboxylic acids is 1. The van der Waals surface area contributed by atoms with Crippen LogP contribution in [-0.4, -0.2) is 11.1 Å². The molecule has 0 spiro atoms. The summed E-state index contributed by atoms with van der Waals surface area (Å²) in [6, 6.07) is 0. The fraction of sp³-hybridized carbons (Fsp3) is 0.812. The summed E-state index contributed by atoms with van der Waals surface area (Å²) in [5.41, 5.74) is 1.43. The number of carbonyl (C=O) groups is 1. The highest BCUT2D eigenvalue weighted by molar-refractivity contribution is 5.70. The van der Waals surface area contributed by atoms with Crippen LogP contribution in [0.1, 0.15) is 59.8 Å². The number of hydrogen-bond acceptors (Lipinski definition) is 1. The van der Waals surface area contributed by atoms with E-state index < -0.39 is 5.97 Å². The Morgan fingerprint density at radius 1 is 1.44 bits per heavy atom. The largest absolute Gasteiger partial charge is 0.481 e. The maximum atomic E-state index is 11.2. The molecule has 2 heteroatoms. The van der Waals surface area contributed by atoms with E-state index in [0.29, 0.717) is 11.8 Å². The standard InChI is InChI=1S/C16H28O2/c1-5-6-11(2)9-14-10-12(3)7-8-15(14)13(4)16(17)18/h9,12-15H,5-8,10H2,1-4H3,(H,17,18)/b11-9-/t12-,13?,14?,15+/m1/s1. The first-order valence-electron chi connectivity index (χ1n) is 7.35. The molecule has 0 bridgehead atoms. The van der Waals surface area contributed by atoms with E-state index in [1.807, 2.05) is 6.92 Å². The molecule has 1 aliphatic rings. The maximum Gasteiger partial charge on any atom is 0.306 e. The van der Waals surface area contributed by atoms with Crippen molar-refractivity contribution in [2.24, 2.45) is 23.7 Å². The molecule has 0 amide bonds. The molecule has 0 aromatic carbocycles. The van der Waals surface area contributed by atoms with Crippen molar-refractivity contribution in [3.05, 3.63) is 11.6 Å². The zero-order valence-electron chi connectivity index (χ0n) is 12.3. The van der Waals surface area contributed by atoms with E-state index in [1.165, 1.54) is 18.4 Å². The Balaban J connectivity index is 2.79. The van der Waals surface area contributed by atoms with E-state index in [-0.39, 0.29) is 5.92 Å². The molecule has 104 valence electrons. The average Bonchev–Trinajstić information content (AvgIpc) is 2.28. The van der Waals surface area contributed by atoms with Crippen LogP contribution in [0.25, 0.3) is 0 Å². The minimum Gasteiger partial charge on any atom is -0.481 e. The van der Waals surface area contributed by atoms with E-state index in [9.17, 15) is 9.90 Å². The zero-order valence-corrected chi connectivity index (χ0v) is 12.3. The van der Waals surface area contributed by atoms with Crippen molar-refractivity contribution >= 4 is 5.97 Å². The van der Waals surface area contributed by atoms with Crippen LogP contribution in [0.4, 0.5) is 0 Å². The molecule has 0 aromatic rings.